The summed E-state index contributed by atoms with van der Waals surface area (Å²) < 4.78 is 5.56. The Morgan fingerprint density at radius 1 is 1.53 bits per heavy atom. The number of aliphatic hydroxyl groups is 2. The second kappa shape index (κ2) is 4.81. The minimum atomic E-state index is -1.21. The molecule has 1 fully saturated rings. The number of nitrogens with zero attached hydrogens (tertiary/aromatic N) is 1. The summed E-state index contributed by atoms with van der Waals surface area (Å²) in [6.45, 7) is 1.85. The predicted octanol–water partition coefficient (Wildman–Crippen LogP) is -0.418. The standard InChI is InChI=1S/C9H14N2O5S/c1-2-3-5(12)6(13)4-7(16-3)17-8(10-4)11-9(14)15/h3-7,12-13H,2H2,1H3,(H,10,11)(H,14,15)/t3-,4-,5-,6-,7-/m1/s1. The van der Waals surface area contributed by atoms with E-state index in [0.29, 0.717) is 6.42 Å². The molecule has 4 N–H and O–H groups in total. The topological polar surface area (TPSA) is 111 Å². The van der Waals surface area contributed by atoms with Gasteiger partial charge in [0.15, 0.2) is 5.17 Å². The van der Waals surface area contributed by atoms with Gasteiger partial charge in [-0.2, -0.15) is 0 Å². The molecule has 2 heterocycles. The molecule has 0 radical (unpaired) electrons. The summed E-state index contributed by atoms with van der Waals surface area (Å²) in [5, 5.41) is 30.5. The van der Waals surface area contributed by atoms with Crippen molar-refractivity contribution in [2.24, 2.45) is 4.99 Å². The highest BCUT2D eigenvalue weighted by Gasteiger charge is 2.47. The van der Waals surface area contributed by atoms with Gasteiger partial charge in [0.25, 0.3) is 0 Å². The molecule has 1 saturated heterocycles. The third-order valence-corrected chi connectivity index (χ3v) is 3.83. The summed E-state index contributed by atoms with van der Waals surface area (Å²) in [5.74, 6) is 0. The van der Waals surface area contributed by atoms with Crippen LogP contribution in [-0.2, 0) is 4.74 Å². The number of aliphatic hydroxyl groups excluding tert-OH is 2. The number of nitrogens with one attached hydrogen (secondary N) is 1. The van der Waals surface area contributed by atoms with Crippen LogP contribution in [0.25, 0.3) is 0 Å². The molecule has 1 amide bonds. The number of hydrogen-bond acceptors (Lipinski definition) is 6. The SMILES string of the molecule is CC[C@H]1O[C@@H]2SC(NC(=O)O)=N[C@@H]2[C@@H](O)[C@@H]1O. The summed E-state index contributed by atoms with van der Waals surface area (Å²) in [7, 11) is 0. The fourth-order valence-corrected chi connectivity index (χ4v) is 3.03. The summed E-state index contributed by atoms with van der Waals surface area (Å²) in [5.41, 5.74) is -0.444. The van der Waals surface area contributed by atoms with Crippen molar-refractivity contribution in [3.8, 4) is 0 Å². The van der Waals surface area contributed by atoms with Crippen molar-refractivity contribution in [2.45, 2.75) is 43.1 Å². The molecule has 0 saturated carbocycles. The van der Waals surface area contributed by atoms with Crippen molar-refractivity contribution in [3.63, 3.8) is 0 Å². The maximum Gasteiger partial charge on any atom is 0.410 e. The van der Waals surface area contributed by atoms with Crippen LogP contribution in [0.5, 0.6) is 0 Å². The van der Waals surface area contributed by atoms with E-state index in [1.54, 1.807) is 0 Å². The van der Waals surface area contributed by atoms with E-state index >= 15 is 0 Å². The number of ether oxygens (including phenoxy) is 1. The van der Waals surface area contributed by atoms with Crippen LogP contribution in [0.2, 0.25) is 0 Å². The first-order chi connectivity index (χ1) is 8.02. The molecule has 0 bridgehead atoms. The Bertz CT molecular complexity index is 350. The Labute approximate surface area is 102 Å². The van der Waals surface area contributed by atoms with Gasteiger partial charge in [-0.1, -0.05) is 18.7 Å². The summed E-state index contributed by atoms with van der Waals surface area (Å²) in [4.78, 5) is 14.5. The Morgan fingerprint density at radius 3 is 2.82 bits per heavy atom. The van der Waals surface area contributed by atoms with Crippen LogP contribution >= 0.6 is 11.8 Å². The molecule has 0 aromatic carbocycles. The smallest absolute Gasteiger partial charge is 0.410 e. The van der Waals surface area contributed by atoms with E-state index in [9.17, 15) is 15.0 Å². The first kappa shape index (κ1) is 12.6. The van der Waals surface area contributed by atoms with E-state index in [2.05, 4.69) is 10.3 Å². The van der Waals surface area contributed by atoms with Crippen LogP contribution in [0.15, 0.2) is 4.99 Å². The van der Waals surface area contributed by atoms with Crippen LogP contribution < -0.4 is 5.32 Å². The third kappa shape index (κ3) is 2.39. The number of amidine groups is 1. The average Bonchev–Trinajstić information content (AvgIpc) is 2.65. The molecular weight excluding hydrogens is 248 g/mol. The van der Waals surface area contributed by atoms with Crippen LogP contribution in [0, 0.1) is 0 Å². The quantitative estimate of drug-likeness (QED) is 0.511. The molecule has 0 aromatic heterocycles. The van der Waals surface area contributed by atoms with Gasteiger partial charge in [0.1, 0.15) is 23.7 Å². The lowest BCUT2D eigenvalue weighted by molar-refractivity contribution is -0.153. The second-order valence-corrected chi connectivity index (χ2v) is 4.99. The first-order valence-corrected chi connectivity index (χ1v) is 6.17. The first-order valence-electron chi connectivity index (χ1n) is 5.29. The number of hydrogen-bond donors (Lipinski definition) is 4. The minimum absolute atomic E-state index is 0.190. The number of rotatable bonds is 1. The Kier molecular flexibility index (Phi) is 3.57. The van der Waals surface area contributed by atoms with Crippen LogP contribution in [0.4, 0.5) is 4.79 Å². The Morgan fingerprint density at radius 2 is 2.24 bits per heavy atom. The number of aliphatic imine (C=N–C) groups is 1. The second-order valence-electron chi connectivity index (χ2n) is 3.91. The maximum absolute atomic E-state index is 10.5. The molecule has 0 spiro atoms. The zero-order valence-electron chi connectivity index (χ0n) is 9.11. The van der Waals surface area contributed by atoms with Crippen molar-refractivity contribution in [1.29, 1.82) is 0 Å². The molecule has 0 unspecified atom stereocenters. The maximum atomic E-state index is 10.5. The van der Waals surface area contributed by atoms with E-state index in [4.69, 9.17) is 9.84 Å². The summed E-state index contributed by atoms with van der Waals surface area (Å²) in [6.07, 6.45) is -3.10. The van der Waals surface area contributed by atoms with Gasteiger partial charge in [-0.15, -0.1) is 0 Å². The molecule has 0 aromatic rings. The van der Waals surface area contributed by atoms with Gasteiger partial charge in [0, 0.05) is 0 Å². The van der Waals surface area contributed by atoms with Crippen molar-refractivity contribution in [2.75, 3.05) is 0 Å². The molecule has 2 aliphatic heterocycles. The lowest BCUT2D eigenvalue weighted by atomic mass is 9.97. The van der Waals surface area contributed by atoms with Crippen LogP contribution in [0.3, 0.4) is 0 Å². The average molecular weight is 262 g/mol. The monoisotopic (exact) mass is 262 g/mol. The largest absolute Gasteiger partial charge is 0.465 e. The predicted molar refractivity (Wildman–Crippen MR) is 60.9 cm³/mol. The highest BCUT2D eigenvalue weighted by atomic mass is 32.2. The number of fused-ring (bicyclic) bond motifs is 1. The number of thioether (sulfide) groups is 1. The highest BCUT2D eigenvalue weighted by molar-refractivity contribution is 8.14. The van der Waals surface area contributed by atoms with Gasteiger partial charge < -0.3 is 20.1 Å². The van der Waals surface area contributed by atoms with Crippen molar-refractivity contribution in [3.05, 3.63) is 0 Å². The van der Waals surface area contributed by atoms with Gasteiger partial charge in [-0.05, 0) is 6.42 Å². The molecule has 2 rings (SSSR count). The number of carboxylic acid groups (broad SMARTS) is 1. The van der Waals surface area contributed by atoms with E-state index in [1.165, 1.54) is 0 Å². The molecule has 96 valence electrons. The molecule has 17 heavy (non-hydrogen) atoms. The lowest BCUT2D eigenvalue weighted by Gasteiger charge is -2.37. The minimum Gasteiger partial charge on any atom is -0.465 e. The molecule has 5 atom stereocenters. The van der Waals surface area contributed by atoms with Gasteiger partial charge in [0.05, 0.1) is 6.10 Å². The molecule has 8 heteroatoms. The van der Waals surface area contributed by atoms with Crippen molar-refractivity contribution >= 4 is 23.0 Å². The van der Waals surface area contributed by atoms with E-state index < -0.39 is 35.9 Å². The van der Waals surface area contributed by atoms with E-state index in [1.807, 2.05) is 6.92 Å². The fourth-order valence-electron chi connectivity index (χ4n) is 1.92. The molecule has 2 aliphatic rings. The highest BCUT2D eigenvalue weighted by Crippen LogP contribution is 2.36. The van der Waals surface area contributed by atoms with Gasteiger partial charge in [-0.3, -0.25) is 10.3 Å². The zero-order valence-corrected chi connectivity index (χ0v) is 9.92. The van der Waals surface area contributed by atoms with Gasteiger partial charge in [-0.25, -0.2) is 4.79 Å². The lowest BCUT2D eigenvalue weighted by Crippen LogP contribution is -2.54. The summed E-state index contributed by atoms with van der Waals surface area (Å²) >= 11 is 1.11. The molecule has 7 nitrogen and oxygen atoms in total. The van der Waals surface area contributed by atoms with Crippen LogP contribution in [0.1, 0.15) is 13.3 Å². The van der Waals surface area contributed by atoms with Gasteiger partial charge in [0.2, 0.25) is 0 Å². The van der Waals surface area contributed by atoms with Crippen molar-refractivity contribution < 1.29 is 24.9 Å². The summed E-state index contributed by atoms with van der Waals surface area (Å²) in [6, 6.07) is -0.625. The number of carbonyl (C=O) groups is 1. The zero-order chi connectivity index (χ0) is 12.6. The number of amides is 1. The van der Waals surface area contributed by atoms with E-state index in [-0.39, 0.29) is 5.17 Å². The van der Waals surface area contributed by atoms with Crippen LogP contribution in [-0.4, -0.2) is 56.4 Å². The normalized spacial score (nSPS) is 40.6. The molecule has 0 aliphatic carbocycles. The fraction of sp³-hybridized carbons (Fsp3) is 0.778. The Hall–Kier alpha value is -0.830. The van der Waals surface area contributed by atoms with Gasteiger partial charge >= 0.3 is 6.09 Å². The Balaban J connectivity index is 2.09. The third-order valence-electron chi connectivity index (χ3n) is 2.78. The van der Waals surface area contributed by atoms with E-state index in [0.717, 1.165) is 11.8 Å². The molecular formula is C9H14N2O5S. The van der Waals surface area contributed by atoms with Crippen molar-refractivity contribution in [1.82, 2.24) is 5.32 Å².